The van der Waals surface area contributed by atoms with Crippen LogP contribution in [0.2, 0.25) is 0 Å². The Labute approximate surface area is 349 Å². The molecular formula is C42H71N9O8. The molecule has 4 amide bonds. The molecule has 1 aromatic carbocycles. The molecule has 0 heterocycles. The summed E-state index contributed by atoms with van der Waals surface area (Å²) >= 11 is 0. The molecule has 1 aromatic rings. The number of primary amides is 1. The molecule has 0 saturated carbocycles. The van der Waals surface area contributed by atoms with E-state index < -0.39 is 65.3 Å². The van der Waals surface area contributed by atoms with Crippen LogP contribution in [0.25, 0.3) is 0 Å². The van der Waals surface area contributed by atoms with Gasteiger partial charge in [0.2, 0.25) is 23.6 Å². The summed E-state index contributed by atoms with van der Waals surface area (Å²) in [4.78, 5) is 96.9. The number of unbranched alkanes of at least 4 members (excludes halogenated alkanes) is 2. The predicted octanol–water partition coefficient (Wildman–Crippen LogP) is 1.24. The van der Waals surface area contributed by atoms with E-state index in [1.807, 2.05) is 0 Å². The van der Waals surface area contributed by atoms with Gasteiger partial charge in [-0.2, -0.15) is 0 Å². The SMILES string of the molecule is CC(C)[C@H](CC(=O)[C@H](C)NC(=O)[C@H](CCCCN)CC(=O)[C@H](CCCN=C(N)N)NC(=O)[C@@H](C)Cc1ccc(O)cc1)C(=O)N[C@@H](CCCCN)C(=O)C[C@@H](C)C(N)=O. The first-order valence-corrected chi connectivity index (χ1v) is 20.8. The molecule has 14 N–H and O–H groups in total. The first-order chi connectivity index (χ1) is 27.8. The number of rotatable bonds is 31. The Hall–Kier alpha value is -4.90. The zero-order valence-electron chi connectivity index (χ0n) is 35.7. The lowest BCUT2D eigenvalue weighted by Gasteiger charge is -2.26. The van der Waals surface area contributed by atoms with Gasteiger partial charge in [0, 0.05) is 49.5 Å². The van der Waals surface area contributed by atoms with Crippen LogP contribution in [0, 0.1) is 29.6 Å². The number of carbonyl (C=O) groups is 7. The molecule has 332 valence electrons. The minimum atomic E-state index is -1.02. The second-order valence-electron chi connectivity index (χ2n) is 16.0. The van der Waals surface area contributed by atoms with E-state index >= 15 is 0 Å². The Balaban J connectivity index is 3.15. The number of ketones is 3. The minimum Gasteiger partial charge on any atom is -0.508 e. The summed E-state index contributed by atoms with van der Waals surface area (Å²) in [6.45, 7) is 9.35. The number of hydrogen-bond donors (Lipinski definition) is 9. The number of nitrogens with two attached hydrogens (primary N) is 5. The molecular weight excluding hydrogens is 759 g/mol. The zero-order valence-corrected chi connectivity index (χ0v) is 35.7. The molecule has 17 nitrogen and oxygen atoms in total. The monoisotopic (exact) mass is 830 g/mol. The molecule has 0 bridgehead atoms. The van der Waals surface area contributed by atoms with Crippen molar-refractivity contribution in [2.24, 2.45) is 63.3 Å². The number of hydrogen-bond acceptors (Lipinski definition) is 11. The number of aromatic hydroxyl groups is 1. The number of guanidine groups is 1. The second-order valence-corrected chi connectivity index (χ2v) is 16.0. The molecule has 59 heavy (non-hydrogen) atoms. The lowest BCUT2D eigenvalue weighted by Crippen LogP contribution is -2.48. The number of amides is 4. The highest BCUT2D eigenvalue weighted by atomic mass is 16.3. The molecule has 17 heteroatoms. The number of aliphatic imine (C=N–C) groups is 1. The van der Waals surface area contributed by atoms with Gasteiger partial charge in [-0.15, -0.1) is 0 Å². The van der Waals surface area contributed by atoms with Crippen molar-refractivity contribution < 1.29 is 38.7 Å². The van der Waals surface area contributed by atoms with E-state index in [1.54, 1.807) is 39.8 Å². The Morgan fingerprint density at radius 1 is 0.627 bits per heavy atom. The van der Waals surface area contributed by atoms with Crippen LogP contribution < -0.4 is 44.6 Å². The molecule has 0 unspecified atom stereocenters. The summed E-state index contributed by atoms with van der Waals surface area (Å²) in [5.74, 6) is -6.38. The summed E-state index contributed by atoms with van der Waals surface area (Å²) in [5.41, 5.74) is 28.5. The van der Waals surface area contributed by atoms with Crippen LogP contribution in [0.3, 0.4) is 0 Å². The van der Waals surface area contributed by atoms with Crippen LogP contribution in [-0.4, -0.2) is 89.8 Å². The number of phenols is 1. The van der Waals surface area contributed by atoms with Crippen LogP contribution in [0.4, 0.5) is 0 Å². The second kappa shape index (κ2) is 27.7. The first kappa shape index (κ1) is 52.1. The van der Waals surface area contributed by atoms with E-state index in [4.69, 9.17) is 28.7 Å². The summed E-state index contributed by atoms with van der Waals surface area (Å²) in [7, 11) is 0. The Morgan fingerprint density at radius 3 is 1.71 bits per heavy atom. The van der Waals surface area contributed by atoms with Crippen LogP contribution in [0.5, 0.6) is 5.75 Å². The van der Waals surface area contributed by atoms with Crippen molar-refractivity contribution >= 4 is 46.9 Å². The van der Waals surface area contributed by atoms with Crippen molar-refractivity contribution in [2.45, 2.75) is 130 Å². The topological polar surface area (TPSA) is 318 Å². The molecule has 0 aliphatic rings. The molecule has 0 radical (unpaired) electrons. The van der Waals surface area contributed by atoms with Gasteiger partial charge in [-0.3, -0.25) is 38.6 Å². The van der Waals surface area contributed by atoms with Gasteiger partial charge in [0.1, 0.15) is 5.75 Å². The number of carbonyl (C=O) groups excluding carboxylic acids is 7. The maximum atomic E-state index is 13.9. The van der Waals surface area contributed by atoms with Crippen LogP contribution >= 0.6 is 0 Å². The van der Waals surface area contributed by atoms with Gasteiger partial charge < -0.3 is 49.7 Å². The number of benzene rings is 1. The van der Waals surface area contributed by atoms with E-state index in [9.17, 15) is 38.7 Å². The van der Waals surface area contributed by atoms with E-state index in [0.717, 1.165) is 5.56 Å². The van der Waals surface area contributed by atoms with E-state index in [1.165, 1.54) is 19.1 Å². The maximum Gasteiger partial charge on any atom is 0.224 e. The molecule has 0 fully saturated rings. The summed E-state index contributed by atoms with van der Waals surface area (Å²) in [5, 5.41) is 18.0. The maximum absolute atomic E-state index is 13.9. The average Bonchev–Trinajstić information content (AvgIpc) is 3.17. The van der Waals surface area contributed by atoms with E-state index in [2.05, 4.69) is 20.9 Å². The summed E-state index contributed by atoms with van der Waals surface area (Å²) in [6.07, 6.45) is 3.29. The number of nitrogens with one attached hydrogen (secondary N) is 3. The van der Waals surface area contributed by atoms with Gasteiger partial charge in [0.15, 0.2) is 23.3 Å². The van der Waals surface area contributed by atoms with E-state index in [-0.39, 0.29) is 67.3 Å². The average molecular weight is 830 g/mol. The fourth-order valence-electron chi connectivity index (χ4n) is 6.52. The number of Topliss-reactive ketones (excluding diaryl/α,β-unsaturated/α-hetero) is 3. The third kappa shape index (κ3) is 20.6. The largest absolute Gasteiger partial charge is 0.508 e. The highest BCUT2D eigenvalue weighted by Gasteiger charge is 2.33. The van der Waals surface area contributed by atoms with Crippen molar-refractivity contribution in [1.29, 1.82) is 0 Å². The minimum absolute atomic E-state index is 0.103. The highest BCUT2D eigenvalue weighted by molar-refractivity contribution is 5.97. The van der Waals surface area contributed by atoms with Crippen molar-refractivity contribution in [2.75, 3.05) is 19.6 Å². The molecule has 0 spiro atoms. The fourth-order valence-corrected chi connectivity index (χ4v) is 6.52. The smallest absolute Gasteiger partial charge is 0.224 e. The Morgan fingerprint density at radius 2 is 1.17 bits per heavy atom. The molecule has 0 aromatic heterocycles. The normalized spacial score (nSPS) is 14.8. The highest BCUT2D eigenvalue weighted by Crippen LogP contribution is 2.21. The van der Waals surface area contributed by atoms with Crippen LogP contribution in [0.15, 0.2) is 29.3 Å². The molecule has 0 aliphatic heterocycles. The first-order valence-electron chi connectivity index (χ1n) is 20.8. The molecule has 1 rings (SSSR count). The van der Waals surface area contributed by atoms with Gasteiger partial charge in [-0.25, -0.2) is 0 Å². The van der Waals surface area contributed by atoms with Gasteiger partial charge in [-0.05, 0) is 95.0 Å². The van der Waals surface area contributed by atoms with Gasteiger partial charge in [-0.1, -0.05) is 46.2 Å². The third-order valence-electron chi connectivity index (χ3n) is 10.5. The van der Waals surface area contributed by atoms with Gasteiger partial charge >= 0.3 is 0 Å². The molecule has 0 saturated heterocycles. The van der Waals surface area contributed by atoms with E-state index in [0.29, 0.717) is 64.5 Å². The molecule has 0 aliphatic carbocycles. The Kier molecular flexibility index (Phi) is 24.5. The van der Waals surface area contributed by atoms with Crippen molar-refractivity contribution in [3.63, 3.8) is 0 Å². The van der Waals surface area contributed by atoms with Crippen LogP contribution in [-0.2, 0) is 40.0 Å². The van der Waals surface area contributed by atoms with Crippen molar-refractivity contribution in [3.8, 4) is 5.75 Å². The summed E-state index contributed by atoms with van der Waals surface area (Å²) < 4.78 is 0. The number of phenolic OH excluding ortho intramolecular Hbond substituents is 1. The standard InChI is InChI=1S/C42H71N9O8/c1-25(2)32(41(59)51-33(12-7-9-19-44)36(54)22-26(3)38(45)56)24-35(53)28(5)49-40(58)30(11-6-8-18-43)23-37(55)34(13-10-20-48-42(46)47)50-39(57)27(4)21-29-14-16-31(52)17-15-29/h14-17,25-28,30,32-34,52H,6-13,18-24,43-44H2,1-5H3,(H2,45,56)(H,49,58)(H,50,57)(H,51,59)(H4,46,47,48)/t26-,27+,28+,30-,32+,33+,34+/m1/s1. The van der Waals surface area contributed by atoms with Crippen LogP contribution in [0.1, 0.15) is 111 Å². The fraction of sp³-hybridized carbons (Fsp3) is 0.667. The lowest BCUT2D eigenvalue weighted by atomic mass is 9.87. The lowest BCUT2D eigenvalue weighted by molar-refractivity contribution is -0.136. The molecule has 7 atom stereocenters. The number of nitrogens with zero attached hydrogens (tertiary/aromatic N) is 1. The van der Waals surface area contributed by atoms with Gasteiger partial charge in [0.05, 0.1) is 18.1 Å². The van der Waals surface area contributed by atoms with Crippen molar-refractivity contribution in [1.82, 2.24) is 16.0 Å². The Bertz CT molecular complexity index is 1550. The quantitative estimate of drug-likeness (QED) is 0.0290. The summed E-state index contributed by atoms with van der Waals surface area (Å²) in [6, 6.07) is 3.64. The zero-order chi connectivity index (χ0) is 44.7. The van der Waals surface area contributed by atoms with Gasteiger partial charge in [0.25, 0.3) is 0 Å². The van der Waals surface area contributed by atoms with Crippen molar-refractivity contribution in [3.05, 3.63) is 29.8 Å². The third-order valence-corrected chi connectivity index (χ3v) is 10.5. The predicted molar refractivity (Wildman–Crippen MR) is 227 cm³/mol.